The standard InChI is InChI=1S/C14H18ClN3O/c15-13-3-9(14(16)19)1-2-10(13)6-18-7-11-4-17-5-12(11)8-18/h1-3,11-12,17H,4-8H2,(H2,16,19). The van der Waals surface area contributed by atoms with E-state index >= 15 is 0 Å². The number of benzene rings is 1. The first-order chi connectivity index (χ1) is 9.13. The maximum atomic E-state index is 11.1. The van der Waals surface area contributed by atoms with Crippen molar-refractivity contribution >= 4 is 17.5 Å². The highest BCUT2D eigenvalue weighted by molar-refractivity contribution is 6.31. The summed E-state index contributed by atoms with van der Waals surface area (Å²) in [4.78, 5) is 13.5. The van der Waals surface area contributed by atoms with Gasteiger partial charge in [-0.2, -0.15) is 0 Å². The van der Waals surface area contributed by atoms with Crippen LogP contribution >= 0.6 is 11.6 Å². The quantitative estimate of drug-likeness (QED) is 0.871. The van der Waals surface area contributed by atoms with Crippen LogP contribution in [0.2, 0.25) is 5.02 Å². The molecule has 2 aliphatic rings. The third-order valence-corrected chi connectivity index (χ3v) is 4.55. The van der Waals surface area contributed by atoms with Gasteiger partial charge in [-0.15, -0.1) is 0 Å². The van der Waals surface area contributed by atoms with Gasteiger partial charge in [0.15, 0.2) is 0 Å². The normalized spacial score (nSPS) is 26.6. The third-order valence-electron chi connectivity index (χ3n) is 4.20. The molecule has 2 saturated heterocycles. The number of nitrogens with one attached hydrogen (secondary N) is 1. The maximum absolute atomic E-state index is 11.1. The molecule has 19 heavy (non-hydrogen) atoms. The van der Waals surface area contributed by atoms with E-state index in [2.05, 4.69) is 10.2 Å². The number of carbonyl (C=O) groups is 1. The zero-order valence-corrected chi connectivity index (χ0v) is 11.5. The number of amides is 1. The summed E-state index contributed by atoms with van der Waals surface area (Å²) in [6.07, 6.45) is 0. The molecule has 1 aromatic carbocycles. The van der Waals surface area contributed by atoms with E-state index in [-0.39, 0.29) is 0 Å². The van der Waals surface area contributed by atoms with E-state index in [0.29, 0.717) is 10.6 Å². The van der Waals surface area contributed by atoms with Crippen molar-refractivity contribution < 1.29 is 4.79 Å². The molecule has 5 heteroatoms. The predicted octanol–water partition coefficient (Wildman–Crippen LogP) is 1.09. The van der Waals surface area contributed by atoms with Crippen LogP contribution in [0.5, 0.6) is 0 Å². The van der Waals surface area contributed by atoms with Crippen molar-refractivity contribution in [2.75, 3.05) is 26.2 Å². The van der Waals surface area contributed by atoms with E-state index in [9.17, 15) is 4.79 Å². The Bertz CT molecular complexity index is 493. The van der Waals surface area contributed by atoms with Crippen LogP contribution in [0.1, 0.15) is 15.9 Å². The molecule has 0 aliphatic carbocycles. The SMILES string of the molecule is NC(=O)c1ccc(CN2CC3CNCC3C2)c(Cl)c1. The van der Waals surface area contributed by atoms with Gasteiger partial charge in [-0.3, -0.25) is 9.69 Å². The summed E-state index contributed by atoms with van der Waals surface area (Å²) >= 11 is 6.23. The van der Waals surface area contributed by atoms with Crippen molar-refractivity contribution in [3.63, 3.8) is 0 Å². The van der Waals surface area contributed by atoms with E-state index in [1.165, 1.54) is 0 Å². The van der Waals surface area contributed by atoms with Gasteiger partial charge in [-0.05, 0) is 42.6 Å². The van der Waals surface area contributed by atoms with Crippen LogP contribution < -0.4 is 11.1 Å². The molecule has 0 bridgehead atoms. The zero-order chi connectivity index (χ0) is 13.4. The molecule has 3 N–H and O–H groups in total. The predicted molar refractivity (Wildman–Crippen MR) is 75.1 cm³/mol. The summed E-state index contributed by atoms with van der Waals surface area (Å²) in [6, 6.07) is 5.33. The van der Waals surface area contributed by atoms with Gasteiger partial charge >= 0.3 is 0 Å². The molecule has 2 atom stereocenters. The van der Waals surface area contributed by atoms with Gasteiger partial charge in [-0.25, -0.2) is 0 Å². The third kappa shape index (κ3) is 2.61. The average Bonchev–Trinajstić information content (AvgIpc) is 2.92. The lowest BCUT2D eigenvalue weighted by molar-refractivity contribution is 0.100. The summed E-state index contributed by atoms with van der Waals surface area (Å²) in [7, 11) is 0. The number of primary amides is 1. The summed E-state index contributed by atoms with van der Waals surface area (Å²) in [5, 5.41) is 4.07. The lowest BCUT2D eigenvalue weighted by Gasteiger charge is -2.18. The Hall–Kier alpha value is -1.10. The van der Waals surface area contributed by atoms with Gasteiger partial charge in [0, 0.05) is 30.2 Å². The molecule has 0 saturated carbocycles. The monoisotopic (exact) mass is 279 g/mol. The maximum Gasteiger partial charge on any atom is 0.248 e. The Balaban J connectivity index is 1.69. The van der Waals surface area contributed by atoms with Gasteiger partial charge < -0.3 is 11.1 Å². The van der Waals surface area contributed by atoms with Crippen LogP contribution in [-0.4, -0.2) is 37.0 Å². The molecule has 3 rings (SSSR count). The second-order valence-electron chi connectivity index (χ2n) is 5.54. The van der Waals surface area contributed by atoms with Crippen LogP contribution in [0.15, 0.2) is 18.2 Å². The lowest BCUT2D eigenvalue weighted by Crippen LogP contribution is -2.25. The van der Waals surface area contributed by atoms with E-state index in [4.69, 9.17) is 17.3 Å². The summed E-state index contributed by atoms with van der Waals surface area (Å²) in [5.74, 6) is 1.13. The first-order valence-corrected chi connectivity index (χ1v) is 7.02. The fourth-order valence-electron chi connectivity index (χ4n) is 3.15. The highest BCUT2D eigenvalue weighted by Crippen LogP contribution is 2.29. The van der Waals surface area contributed by atoms with Crippen LogP contribution in [-0.2, 0) is 6.54 Å². The topological polar surface area (TPSA) is 58.4 Å². The van der Waals surface area contributed by atoms with Gasteiger partial charge in [0.1, 0.15) is 0 Å². The highest BCUT2D eigenvalue weighted by atomic mass is 35.5. The minimum atomic E-state index is -0.435. The number of hydrogen-bond donors (Lipinski definition) is 2. The van der Waals surface area contributed by atoms with Crippen molar-refractivity contribution in [2.45, 2.75) is 6.54 Å². The van der Waals surface area contributed by atoms with Crippen molar-refractivity contribution in [3.8, 4) is 0 Å². The number of fused-ring (bicyclic) bond motifs is 1. The van der Waals surface area contributed by atoms with Crippen molar-refractivity contribution in [2.24, 2.45) is 17.6 Å². The minimum Gasteiger partial charge on any atom is -0.366 e. The Kier molecular flexibility index (Phi) is 3.48. The second-order valence-corrected chi connectivity index (χ2v) is 5.95. The Labute approximate surface area is 117 Å². The molecule has 0 spiro atoms. The molecule has 0 aromatic heterocycles. The van der Waals surface area contributed by atoms with Crippen molar-refractivity contribution in [1.82, 2.24) is 10.2 Å². The molecule has 4 nitrogen and oxygen atoms in total. The van der Waals surface area contributed by atoms with Gasteiger partial charge in [0.2, 0.25) is 5.91 Å². The Morgan fingerprint density at radius 2 is 2.05 bits per heavy atom. The van der Waals surface area contributed by atoms with Crippen molar-refractivity contribution in [1.29, 1.82) is 0 Å². The molecular weight excluding hydrogens is 262 g/mol. The van der Waals surface area contributed by atoms with Crippen LogP contribution in [0.4, 0.5) is 0 Å². The highest BCUT2D eigenvalue weighted by Gasteiger charge is 2.35. The molecular formula is C14H18ClN3O. The largest absolute Gasteiger partial charge is 0.366 e. The number of hydrogen-bond acceptors (Lipinski definition) is 3. The fourth-order valence-corrected chi connectivity index (χ4v) is 3.39. The van der Waals surface area contributed by atoms with E-state index in [0.717, 1.165) is 50.1 Å². The second kappa shape index (κ2) is 5.12. The first-order valence-electron chi connectivity index (χ1n) is 6.65. The summed E-state index contributed by atoms with van der Waals surface area (Å²) in [6.45, 7) is 5.38. The number of halogens is 1. The van der Waals surface area contributed by atoms with E-state index < -0.39 is 5.91 Å². The van der Waals surface area contributed by atoms with Crippen molar-refractivity contribution in [3.05, 3.63) is 34.3 Å². The smallest absolute Gasteiger partial charge is 0.248 e. The summed E-state index contributed by atoms with van der Waals surface area (Å²) < 4.78 is 0. The molecule has 2 heterocycles. The number of likely N-dealkylation sites (tertiary alicyclic amines) is 1. The first kappa shape index (κ1) is 12.9. The van der Waals surface area contributed by atoms with Gasteiger partial charge in [0.05, 0.1) is 0 Å². The average molecular weight is 280 g/mol. The van der Waals surface area contributed by atoms with Gasteiger partial charge in [0.25, 0.3) is 0 Å². The van der Waals surface area contributed by atoms with E-state index in [1.54, 1.807) is 12.1 Å². The number of nitrogens with zero attached hydrogens (tertiary/aromatic N) is 1. The Morgan fingerprint density at radius 1 is 1.37 bits per heavy atom. The van der Waals surface area contributed by atoms with E-state index in [1.807, 2.05) is 6.07 Å². The summed E-state index contributed by atoms with van der Waals surface area (Å²) in [5.41, 5.74) is 6.78. The number of carbonyl (C=O) groups excluding carboxylic acids is 1. The lowest BCUT2D eigenvalue weighted by atomic mass is 10.0. The Morgan fingerprint density at radius 3 is 2.63 bits per heavy atom. The molecule has 1 amide bonds. The van der Waals surface area contributed by atoms with Gasteiger partial charge in [-0.1, -0.05) is 17.7 Å². The molecule has 102 valence electrons. The molecule has 0 radical (unpaired) electrons. The molecule has 2 aliphatic heterocycles. The minimum absolute atomic E-state index is 0.435. The van der Waals surface area contributed by atoms with Crippen LogP contribution in [0.25, 0.3) is 0 Å². The molecule has 1 aromatic rings. The van der Waals surface area contributed by atoms with Crippen LogP contribution in [0.3, 0.4) is 0 Å². The molecule has 2 unspecified atom stereocenters. The van der Waals surface area contributed by atoms with Crippen LogP contribution in [0, 0.1) is 11.8 Å². The number of nitrogens with two attached hydrogens (primary N) is 1. The molecule has 2 fully saturated rings. The number of rotatable bonds is 3. The fraction of sp³-hybridized carbons (Fsp3) is 0.500. The zero-order valence-electron chi connectivity index (χ0n) is 10.7.